The molecule has 1 aliphatic rings. The molecule has 0 spiro atoms. The molecule has 1 fully saturated rings. The highest BCUT2D eigenvalue weighted by atomic mass is 15.1. The molecule has 0 bridgehead atoms. The number of nitrogens with zero attached hydrogens (tertiary/aromatic N) is 1. The molecule has 0 saturated carbocycles. The van der Waals surface area contributed by atoms with Crippen molar-refractivity contribution in [2.45, 2.75) is 60.8 Å². The van der Waals surface area contributed by atoms with Crippen molar-refractivity contribution in [3.8, 4) is 0 Å². The molecule has 1 aliphatic heterocycles. The minimum absolute atomic E-state index is 0.501. The number of likely N-dealkylation sites (tertiary alicyclic amines) is 1. The first-order valence-corrected chi connectivity index (χ1v) is 7.55. The van der Waals surface area contributed by atoms with Crippen molar-refractivity contribution in [3.63, 3.8) is 0 Å². The minimum Gasteiger partial charge on any atom is -0.316 e. The maximum Gasteiger partial charge on any atom is 0.00444 e. The smallest absolute Gasteiger partial charge is 0.00444 e. The van der Waals surface area contributed by atoms with Gasteiger partial charge in [-0.1, -0.05) is 48.0 Å². The zero-order chi connectivity index (χ0) is 13.7. The number of nitrogens with one attached hydrogen (secondary N) is 1. The molecule has 17 heavy (non-hydrogen) atoms. The van der Waals surface area contributed by atoms with Crippen LogP contribution < -0.4 is 5.32 Å². The molecule has 0 aromatic heterocycles. The Balaban J connectivity index is 0. The van der Waals surface area contributed by atoms with Crippen LogP contribution in [0.15, 0.2) is 0 Å². The van der Waals surface area contributed by atoms with Gasteiger partial charge in [0.1, 0.15) is 0 Å². The van der Waals surface area contributed by atoms with E-state index >= 15 is 0 Å². The minimum atomic E-state index is 0.501. The van der Waals surface area contributed by atoms with E-state index in [4.69, 9.17) is 0 Å². The second-order valence-corrected chi connectivity index (χ2v) is 4.79. The number of rotatable bonds is 3. The fourth-order valence-electron chi connectivity index (χ4n) is 2.31. The summed E-state index contributed by atoms with van der Waals surface area (Å²) >= 11 is 0. The van der Waals surface area contributed by atoms with Gasteiger partial charge >= 0.3 is 0 Å². The molecule has 0 amide bonds. The molecule has 1 N–H and O–H groups in total. The zero-order valence-electron chi connectivity index (χ0n) is 13.4. The molecule has 0 aromatic carbocycles. The lowest BCUT2D eigenvalue weighted by molar-refractivity contribution is 0.202. The molecular weight excluding hydrogens is 208 g/mol. The van der Waals surface area contributed by atoms with Crippen LogP contribution in [0, 0.1) is 5.41 Å². The van der Waals surface area contributed by atoms with E-state index < -0.39 is 0 Å². The Morgan fingerprint density at radius 1 is 1.12 bits per heavy atom. The van der Waals surface area contributed by atoms with E-state index in [2.05, 4.69) is 31.1 Å². The van der Waals surface area contributed by atoms with Gasteiger partial charge in [-0.25, -0.2) is 0 Å². The van der Waals surface area contributed by atoms with Crippen molar-refractivity contribution in [1.29, 1.82) is 0 Å². The van der Waals surface area contributed by atoms with E-state index in [1.54, 1.807) is 0 Å². The topological polar surface area (TPSA) is 15.3 Å². The Kier molecular flexibility index (Phi) is 14.0. The predicted octanol–water partition coefficient (Wildman–Crippen LogP) is 3.77. The van der Waals surface area contributed by atoms with Crippen molar-refractivity contribution in [1.82, 2.24) is 10.2 Å². The molecule has 2 nitrogen and oxygen atoms in total. The van der Waals surface area contributed by atoms with Crippen molar-refractivity contribution >= 4 is 0 Å². The molecule has 0 radical (unpaired) electrons. The van der Waals surface area contributed by atoms with Crippen LogP contribution in [-0.2, 0) is 0 Å². The van der Waals surface area contributed by atoms with Crippen LogP contribution in [0.25, 0.3) is 0 Å². The molecule has 1 atom stereocenters. The molecule has 106 valence electrons. The molecule has 0 aromatic rings. The highest BCUT2D eigenvalue weighted by molar-refractivity contribution is 4.82. The largest absolute Gasteiger partial charge is 0.316 e. The summed E-state index contributed by atoms with van der Waals surface area (Å²) in [5, 5.41) is 3.48. The zero-order valence-corrected chi connectivity index (χ0v) is 13.4. The second-order valence-electron chi connectivity index (χ2n) is 4.79. The normalized spacial score (nSPS) is 24.9. The summed E-state index contributed by atoms with van der Waals surface area (Å²) in [5.74, 6) is 0. The summed E-state index contributed by atoms with van der Waals surface area (Å²) in [6.45, 7) is 17.4. The van der Waals surface area contributed by atoms with Gasteiger partial charge in [-0.05, 0) is 38.4 Å². The molecule has 0 aliphatic carbocycles. The Hall–Kier alpha value is -0.0800. The van der Waals surface area contributed by atoms with Crippen molar-refractivity contribution in [2.75, 3.05) is 33.2 Å². The first kappa shape index (κ1) is 19.3. The van der Waals surface area contributed by atoms with Crippen LogP contribution in [-0.4, -0.2) is 38.1 Å². The first-order valence-electron chi connectivity index (χ1n) is 7.55. The fraction of sp³-hybridized carbons (Fsp3) is 1.00. The molecule has 2 heteroatoms. The van der Waals surface area contributed by atoms with Gasteiger partial charge in [0.15, 0.2) is 0 Å². The third-order valence-electron chi connectivity index (χ3n) is 3.02. The van der Waals surface area contributed by atoms with E-state index in [0.717, 1.165) is 6.54 Å². The summed E-state index contributed by atoms with van der Waals surface area (Å²) in [6, 6.07) is 0. The van der Waals surface area contributed by atoms with Gasteiger partial charge in [-0.15, -0.1) is 0 Å². The highest BCUT2D eigenvalue weighted by Crippen LogP contribution is 2.27. The van der Waals surface area contributed by atoms with Gasteiger partial charge in [0.2, 0.25) is 0 Å². The third-order valence-corrected chi connectivity index (χ3v) is 3.02. The Bertz CT molecular complexity index is 148. The van der Waals surface area contributed by atoms with E-state index in [0.29, 0.717) is 5.41 Å². The second kappa shape index (κ2) is 12.4. The van der Waals surface area contributed by atoms with Crippen LogP contribution in [0.3, 0.4) is 0 Å². The van der Waals surface area contributed by atoms with Crippen molar-refractivity contribution in [2.24, 2.45) is 5.41 Å². The lowest BCUT2D eigenvalue weighted by Gasteiger charge is -2.31. The third kappa shape index (κ3) is 9.61. The SMILES string of the molecule is CC.CC.CCNCC1(C)CCCCN(C)C1. The van der Waals surface area contributed by atoms with Gasteiger partial charge in [-0.3, -0.25) is 0 Å². The molecule has 1 heterocycles. The van der Waals surface area contributed by atoms with Gasteiger partial charge in [-0.2, -0.15) is 0 Å². The predicted molar refractivity (Wildman–Crippen MR) is 80.7 cm³/mol. The average Bonchev–Trinajstić information content (AvgIpc) is 2.53. The van der Waals surface area contributed by atoms with Gasteiger partial charge in [0, 0.05) is 13.1 Å². The van der Waals surface area contributed by atoms with E-state index in [-0.39, 0.29) is 0 Å². The maximum atomic E-state index is 3.48. The summed E-state index contributed by atoms with van der Waals surface area (Å²) in [4.78, 5) is 2.48. The lowest BCUT2D eigenvalue weighted by Crippen LogP contribution is -2.39. The Morgan fingerprint density at radius 2 is 1.71 bits per heavy atom. The van der Waals surface area contributed by atoms with E-state index in [9.17, 15) is 0 Å². The van der Waals surface area contributed by atoms with Crippen LogP contribution in [0.1, 0.15) is 60.8 Å². The van der Waals surface area contributed by atoms with Crippen LogP contribution in [0.2, 0.25) is 0 Å². The number of hydrogen-bond donors (Lipinski definition) is 1. The van der Waals surface area contributed by atoms with E-state index in [1.807, 2.05) is 27.7 Å². The van der Waals surface area contributed by atoms with Crippen molar-refractivity contribution < 1.29 is 0 Å². The van der Waals surface area contributed by atoms with Crippen LogP contribution in [0.5, 0.6) is 0 Å². The summed E-state index contributed by atoms with van der Waals surface area (Å²) in [7, 11) is 2.25. The molecule has 1 saturated heterocycles. The van der Waals surface area contributed by atoms with Gasteiger partial charge in [0.25, 0.3) is 0 Å². The first-order chi connectivity index (χ1) is 8.16. The summed E-state index contributed by atoms with van der Waals surface area (Å²) in [5.41, 5.74) is 0.501. The monoisotopic (exact) mass is 244 g/mol. The fourth-order valence-corrected chi connectivity index (χ4v) is 2.31. The highest BCUT2D eigenvalue weighted by Gasteiger charge is 2.27. The summed E-state index contributed by atoms with van der Waals surface area (Å²) < 4.78 is 0. The quantitative estimate of drug-likeness (QED) is 0.813. The van der Waals surface area contributed by atoms with Crippen LogP contribution >= 0.6 is 0 Å². The average molecular weight is 244 g/mol. The van der Waals surface area contributed by atoms with E-state index in [1.165, 1.54) is 38.9 Å². The summed E-state index contributed by atoms with van der Waals surface area (Å²) in [6.07, 6.45) is 4.15. The lowest BCUT2D eigenvalue weighted by atomic mass is 9.85. The maximum absolute atomic E-state index is 3.48. The Morgan fingerprint density at radius 3 is 2.24 bits per heavy atom. The standard InChI is InChI=1S/C11H24N2.2C2H6/c1-4-12-9-11(2)7-5-6-8-13(3)10-11;2*1-2/h12H,4-10H2,1-3H3;2*1-2H3. The Labute approximate surface area is 110 Å². The van der Waals surface area contributed by atoms with Crippen molar-refractivity contribution in [3.05, 3.63) is 0 Å². The van der Waals surface area contributed by atoms with Gasteiger partial charge < -0.3 is 10.2 Å². The molecule has 1 unspecified atom stereocenters. The molecular formula is C15H36N2. The molecule has 1 rings (SSSR count). The van der Waals surface area contributed by atoms with Crippen LogP contribution in [0.4, 0.5) is 0 Å². The number of hydrogen-bond acceptors (Lipinski definition) is 2. The van der Waals surface area contributed by atoms with Gasteiger partial charge in [0.05, 0.1) is 0 Å².